The number of carbonyl (C=O) groups is 1. The maximum Gasteiger partial charge on any atom is 0.250 e. The molecule has 0 aliphatic heterocycles. The van der Waals surface area contributed by atoms with Crippen LogP contribution in [0.1, 0.15) is 16.8 Å². The van der Waals surface area contributed by atoms with Crippen LogP contribution in [0.2, 0.25) is 0 Å². The lowest BCUT2D eigenvalue weighted by Crippen LogP contribution is -2.19. The van der Waals surface area contributed by atoms with Gasteiger partial charge in [-0.2, -0.15) is 5.10 Å². The van der Waals surface area contributed by atoms with Crippen LogP contribution in [0.3, 0.4) is 0 Å². The van der Waals surface area contributed by atoms with Crippen molar-refractivity contribution >= 4 is 34.8 Å². The third-order valence-corrected chi connectivity index (χ3v) is 4.63. The molecule has 0 aliphatic carbocycles. The second kappa shape index (κ2) is 7.90. The van der Waals surface area contributed by atoms with E-state index in [0.29, 0.717) is 0 Å². The van der Waals surface area contributed by atoms with Gasteiger partial charge in [0.1, 0.15) is 0 Å². The van der Waals surface area contributed by atoms with Crippen molar-refractivity contribution in [3.8, 4) is 0 Å². The largest absolute Gasteiger partial charge is 0.272 e. The molecule has 0 saturated heterocycles. The monoisotopic (exact) mass is 350 g/mol. The van der Waals surface area contributed by atoms with E-state index in [4.69, 9.17) is 0 Å². The van der Waals surface area contributed by atoms with Gasteiger partial charge >= 0.3 is 0 Å². The molecule has 0 bridgehead atoms. The van der Waals surface area contributed by atoms with Crippen molar-refractivity contribution in [2.24, 2.45) is 5.10 Å². The number of benzene rings is 1. The zero-order chi connectivity index (χ0) is 17.6. The summed E-state index contributed by atoms with van der Waals surface area (Å²) in [6.07, 6.45) is 4.94. The van der Waals surface area contributed by atoms with Gasteiger partial charge in [-0.1, -0.05) is 24.3 Å². The van der Waals surface area contributed by atoms with E-state index in [1.807, 2.05) is 50.2 Å². The predicted octanol–water partition coefficient (Wildman–Crippen LogP) is 3.49. The first kappa shape index (κ1) is 17.1. The molecule has 2 heterocycles. The first-order chi connectivity index (χ1) is 12.1. The molecule has 1 N–H and O–H groups in total. The number of carbonyl (C=O) groups excluding carboxylic acids is 1. The van der Waals surface area contributed by atoms with Crippen LogP contribution in [0, 0.1) is 13.8 Å². The normalized spacial score (nSPS) is 11.1. The molecule has 3 aromatic rings. The summed E-state index contributed by atoms with van der Waals surface area (Å²) < 4.78 is 0. The number of amides is 1. The SMILES string of the molecule is Cc1cc(SCC(=O)N/N=C/c2cccnc2)c2cccc(C)c2n1. The second-order valence-electron chi connectivity index (χ2n) is 5.60. The van der Waals surface area contributed by atoms with E-state index in [0.717, 1.165) is 32.6 Å². The van der Waals surface area contributed by atoms with E-state index >= 15 is 0 Å². The van der Waals surface area contributed by atoms with E-state index in [-0.39, 0.29) is 11.7 Å². The van der Waals surface area contributed by atoms with E-state index in [1.54, 1.807) is 18.6 Å². The van der Waals surface area contributed by atoms with Crippen LogP contribution in [-0.2, 0) is 4.79 Å². The number of thioether (sulfide) groups is 1. The molecule has 126 valence electrons. The maximum atomic E-state index is 12.0. The molecule has 0 spiro atoms. The third kappa shape index (κ3) is 4.42. The molecule has 0 radical (unpaired) electrons. The van der Waals surface area contributed by atoms with Crippen molar-refractivity contribution in [1.29, 1.82) is 0 Å². The summed E-state index contributed by atoms with van der Waals surface area (Å²) in [6.45, 7) is 4.01. The first-order valence-electron chi connectivity index (χ1n) is 7.85. The van der Waals surface area contributed by atoms with E-state index in [1.165, 1.54) is 11.8 Å². The van der Waals surface area contributed by atoms with E-state index < -0.39 is 0 Å². The van der Waals surface area contributed by atoms with Crippen LogP contribution in [0.25, 0.3) is 10.9 Å². The minimum Gasteiger partial charge on any atom is -0.272 e. The van der Waals surface area contributed by atoms with Gasteiger partial charge in [-0.3, -0.25) is 14.8 Å². The molecule has 3 rings (SSSR count). The van der Waals surface area contributed by atoms with Crippen LogP contribution >= 0.6 is 11.8 Å². The van der Waals surface area contributed by atoms with Crippen molar-refractivity contribution < 1.29 is 4.79 Å². The zero-order valence-corrected chi connectivity index (χ0v) is 14.9. The van der Waals surface area contributed by atoms with Gasteiger partial charge in [0.2, 0.25) is 5.91 Å². The minimum atomic E-state index is -0.152. The Balaban J connectivity index is 1.65. The average molecular weight is 350 g/mol. The smallest absolute Gasteiger partial charge is 0.250 e. The molecular weight excluding hydrogens is 332 g/mol. The van der Waals surface area contributed by atoms with E-state index in [9.17, 15) is 4.79 Å². The number of fused-ring (bicyclic) bond motifs is 1. The molecule has 25 heavy (non-hydrogen) atoms. The Labute approximate surface area is 150 Å². The van der Waals surface area contributed by atoms with Crippen molar-refractivity contribution in [2.45, 2.75) is 18.7 Å². The molecule has 0 atom stereocenters. The molecule has 0 saturated carbocycles. The number of aryl methyl sites for hydroxylation is 2. The van der Waals surface area contributed by atoms with E-state index in [2.05, 4.69) is 20.5 Å². The lowest BCUT2D eigenvalue weighted by molar-refractivity contribution is -0.118. The van der Waals surface area contributed by atoms with Gasteiger partial charge in [0.25, 0.3) is 0 Å². The van der Waals surface area contributed by atoms with Crippen LogP contribution in [-0.4, -0.2) is 27.8 Å². The average Bonchev–Trinajstić information content (AvgIpc) is 2.61. The maximum absolute atomic E-state index is 12.0. The predicted molar refractivity (Wildman–Crippen MR) is 102 cm³/mol. The molecule has 1 aromatic carbocycles. The Morgan fingerprint density at radius 2 is 2.16 bits per heavy atom. The van der Waals surface area contributed by atoms with Crippen LogP contribution in [0.15, 0.2) is 58.8 Å². The number of nitrogens with one attached hydrogen (secondary N) is 1. The van der Waals surface area contributed by atoms with Crippen molar-refractivity contribution in [3.05, 3.63) is 65.6 Å². The summed E-state index contributed by atoms with van der Waals surface area (Å²) in [5.41, 5.74) is 6.44. The highest BCUT2D eigenvalue weighted by atomic mass is 32.2. The van der Waals surface area contributed by atoms with Crippen molar-refractivity contribution in [1.82, 2.24) is 15.4 Å². The van der Waals surface area contributed by atoms with Gasteiger partial charge in [0.05, 0.1) is 17.5 Å². The highest BCUT2D eigenvalue weighted by molar-refractivity contribution is 8.00. The number of aromatic nitrogens is 2. The number of rotatable bonds is 5. The van der Waals surface area contributed by atoms with Crippen LogP contribution < -0.4 is 5.43 Å². The van der Waals surface area contributed by atoms with Gasteiger partial charge < -0.3 is 0 Å². The molecule has 0 fully saturated rings. The van der Waals surface area contributed by atoms with Gasteiger partial charge in [-0.15, -0.1) is 11.8 Å². The summed E-state index contributed by atoms with van der Waals surface area (Å²) in [4.78, 5) is 21.7. The summed E-state index contributed by atoms with van der Waals surface area (Å²) in [7, 11) is 0. The summed E-state index contributed by atoms with van der Waals surface area (Å²) in [5.74, 6) is 0.136. The summed E-state index contributed by atoms with van der Waals surface area (Å²) in [5, 5.41) is 5.03. The number of hydrazone groups is 1. The molecule has 5 nitrogen and oxygen atoms in total. The van der Waals surface area contributed by atoms with Gasteiger partial charge in [0, 0.05) is 33.9 Å². The zero-order valence-electron chi connectivity index (χ0n) is 14.1. The van der Waals surface area contributed by atoms with Crippen LogP contribution in [0.4, 0.5) is 0 Å². The number of hydrogen-bond donors (Lipinski definition) is 1. The second-order valence-corrected chi connectivity index (χ2v) is 6.62. The fourth-order valence-electron chi connectivity index (χ4n) is 2.41. The Hall–Kier alpha value is -2.73. The highest BCUT2D eigenvalue weighted by Crippen LogP contribution is 2.29. The highest BCUT2D eigenvalue weighted by Gasteiger charge is 2.08. The molecule has 1 amide bonds. The van der Waals surface area contributed by atoms with Gasteiger partial charge in [0.15, 0.2) is 0 Å². The Morgan fingerprint density at radius 1 is 1.28 bits per heavy atom. The number of para-hydroxylation sites is 1. The molecule has 6 heteroatoms. The Kier molecular flexibility index (Phi) is 5.40. The lowest BCUT2D eigenvalue weighted by atomic mass is 10.1. The van der Waals surface area contributed by atoms with Gasteiger partial charge in [-0.05, 0) is 31.5 Å². The lowest BCUT2D eigenvalue weighted by Gasteiger charge is -2.09. The van der Waals surface area contributed by atoms with Crippen LogP contribution in [0.5, 0.6) is 0 Å². The van der Waals surface area contributed by atoms with Crippen molar-refractivity contribution in [2.75, 3.05) is 5.75 Å². The standard InChI is InChI=1S/C19H18N4OS/c1-13-5-3-7-16-17(9-14(2)22-19(13)16)25-12-18(24)23-21-11-15-6-4-8-20-10-15/h3-11H,12H2,1-2H3,(H,23,24)/b21-11+. The molecule has 0 aliphatic rings. The number of hydrogen-bond acceptors (Lipinski definition) is 5. The summed E-state index contributed by atoms with van der Waals surface area (Å²) >= 11 is 1.49. The Morgan fingerprint density at radius 3 is 2.96 bits per heavy atom. The molecule has 0 unspecified atom stereocenters. The number of pyridine rings is 2. The summed E-state index contributed by atoms with van der Waals surface area (Å²) in [6, 6.07) is 11.8. The minimum absolute atomic E-state index is 0.152. The number of nitrogens with zero attached hydrogens (tertiary/aromatic N) is 3. The Bertz CT molecular complexity index is 925. The molecular formula is C19H18N4OS. The quantitative estimate of drug-likeness (QED) is 0.434. The third-order valence-electron chi connectivity index (χ3n) is 3.58. The topological polar surface area (TPSA) is 67.2 Å². The van der Waals surface area contributed by atoms with Crippen molar-refractivity contribution in [3.63, 3.8) is 0 Å². The molecule has 2 aromatic heterocycles. The first-order valence-corrected chi connectivity index (χ1v) is 8.84. The fourth-order valence-corrected chi connectivity index (χ4v) is 3.33. The fraction of sp³-hybridized carbons (Fsp3) is 0.158. The van der Waals surface area contributed by atoms with Gasteiger partial charge in [-0.25, -0.2) is 5.43 Å².